The summed E-state index contributed by atoms with van der Waals surface area (Å²) in [5, 5.41) is 8.05. The van der Waals surface area contributed by atoms with Gasteiger partial charge in [-0.1, -0.05) is 37.3 Å². The number of benzene rings is 2. The van der Waals surface area contributed by atoms with Crippen molar-refractivity contribution in [1.29, 1.82) is 0 Å². The molecule has 0 saturated heterocycles. The SMILES string of the molecule is CCc1ccc(-c2csc(NC(=O)c3ccc(C)c(NC(=O)c4ccco4)c3)n2)cc1. The highest BCUT2D eigenvalue weighted by molar-refractivity contribution is 7.14. The largest absolute Gasteiger partial charge is 0.459 e. The summed E-state index contributed by atoms with van der Waals surface area (Å²) in [6.07, 6.45) is 2.42. The fourth-order valence-electron chi connectivity index (χ4n) is 3.03. The zero-order valence-corrected chi connectivity index (χ0v) is 18.0. The molecule has 0 aliphatic heterocycles. The van der Waals surface area contributed by atoms with Crippen LogP contribution in [0.15, 0.2) is 70.7 Å². The van der Waals surface area contributed by atoms with Crippen LogP contribution in [0.2, 0.25) is 0 Å². The molecule has 156 valence electrons. The van der Waals surface area contributed by atoms with Gasteiger partial charge in [-0.3, -0.25) is 14.9 Å². The Morgan fingerprint density at radius 2 is 1.84 bits per heavy atom. The second kappa shape index (κ2) is 8.97. The number of furan rings is 1. The molecule has 2 N–H and O–H groups in total. The summed E-state index contributed by atoms with van der Waals surface area (Å²) in [7, 11) is 0. The van der Waals surface area contributed by atoms with Crippen molar-refractivity contribution >= 4 is 34.0 Å². The van der Waals surface area contributed by atoms with Crippen LogP contribution in [0.5, 0.6) is 0 Å². The standard InChI is InChI=1S/C24H21N3O3S/c1-3-16-7-10-17(11-8-16)20-14-31-24(26-20)27-22(28)18-9-6-15(2)19(13-18)25-23(29)21-5-4-12-30-21/h4-14H,3H2,1-2H3,(H,25,29)(H,26,27,28). The Balaban J connectivity index is 1.47. The second-order valence-corrected chi connectivity index (χ2v) is 7.86. The Hall–Kier alpha value is -3.71. The van der Waals surface area contributed by atoms with E-state index in [1.165, 1.54) is 23.2 Å². The fourth-order valence-corrected chi connectivity index (χ4v) is 3.75. The van der Waals surface area contributed by atoms with E-state index in [4.69, 9.17) is 4.42 Å². The fraction of sp³-hybridized carbons (Fsp3) is 0.125. The van der Waals surface area contributed by atoms with Gasteiger partial charge in [-0.25, -0.2) is 4.98 Å². The number of thiazole rings is 1. The molecule has 0 aliphatic carbocycles. The monoisotopic (exact) mass is 431 g/mol. The zero-order chi connectivity index (χ0) is 21.8. The number of anilines is 2. The summed E-state index contributed by atoms with van der Waals surface area (Å²) in [5.74, 6) is -0.461. The average Bonchev–Trinajstić information content (AvgIpc) is 3.48. The van der Waals surface area contributed by atoms with Crippen LogP contribution in [0.4, 0.5) is 10.8 Å². The normalized spacial score (nSPS) is 10.6. The maximum atomic E-state index is 12.7. The maximum Gasteiger partial charge on any atom is 0.291 e. The predicted molar refractivity (Wildman–Crippen MR) is 123 cm³/mol. The second-order valence-electron chi connectivity index (χ2n) is 7.00. The van der Waals surface area contributed by atoms with Gasteiger partial charge in [0.25, 0.3) is 11.8 Å². The molecule has 6 nitrogen and oxygen atoms in total. The van der Waals surface area contributed by atoms with Gasteiger partial charge >= 0.3 is 0 Å². The third kappa shape index (κ3) is 4.73. The first-order valence-corrected chi connectivity index (χ1v) is 10.7. The molecule has 7 heteroatoms. The Morgan fingerprint density at radius 3 is 2.55 bits per heavy atom. The average molecular weight is 432 g/mol. The van der Waals surface area contributed by atoms with E-state index in [0.29, 0.717) is 16.4 Å². The Morgan fingerprint density at radius 1 is 1.03 bits per heavy atom. The molecule has 0 aliphatic rings. The molecule has 2 amide bonds. The molecule has 0 fully saturated rings. The number of nitrogens with one attached hydrogen (secondary N) is 2. The summed E-state index contributed by atoms with van der Waals surface area (Å²) < 4.78 is 5.12. The van der Waals surface area contributed by atoms with Gasteiger partial charge in [-0.15, -0.1) is 11.3 Å². The predicted octanol–water partition coefficient (Wildman–Crippen LogP) is 5.78. The van der Waals surface area contributed by atoms with Crippen LogP contribution >= 0.6 is 11.3 Å². The molecule has 2 aromatic carbocycles. The molecule has 2 heterocycles. The van der Waals surface area contributed by atoms with Crippen LogP contribution < -0.4 is 10.6 Å². The molecular formula is C24H21N3O3S. The van der Waals surface area contributed by atoms with Gasteiger partial charge < -0.3 is 9.73 Å². The molecule has 4 aromatic rings. The molecule has 0 radical (unpaired) electrons. The van der Waals surface area contributed by atoms with Gasteiger partial charge in [0.15, 0.2) is 10.9 Å². The number of carbonyl (C=O) groups excluding carboxylic acids is 2. The van der Waals surface area contributed by atoms with Crippen LogP contribution in [0.1, 0.15) is 39.0 Å². The minimum absolute atomic E-state index is 0.205. The Bertz CT molecular complexity index is 1210. The summed E-state index contributed by atoms with van der Waals surface area (Å²) in [6.45, 7) is 3.97. The lowest BCUT2D eigenvalue weighted by Crippen LogP contribution is -2.15. The molecule has 4 rings (SSSR count). The lowest BCUT2D eigenvalue weighted by atomic mass is 10.1. The summed E-state index contributed by atoms with van der Waals surface area (Å²) in [4.78, 5) is 29.5. The number of hydrogen-bond acceptors (Lipinski definition) is 5. The van der Waals surface area contributed by atoms with Crippen molar-refractivity contribution in [2.45, 2.75) is 20.3 Å². The third-order valence-electron chi connectivity index (χ3n) is 4.88. The summed E-state index contributed by atoms with van der Waals surface area (Å²) in [5.41, 5.74) is 4.89. The topological polar surface area (TPSA) is 84.2 Å². The molecule has 0 unspecified atom stereocenters. The number of aryl methyl sites for hydroxylation is 2. The Labute approximate surface area is 184 Å². The summed E-state index contributed by atoms with van der Waals surface area (Å²) >= 11 is 1.37. The number of amides is 2. The van der Waals surface area contributed by atoms with Crippen molar-refractivity contribution in [1.82, 2.24) is 4.98 Å². The van der Waals surface area contributed by atoms with Crippen molar-refractivity contribution in [2.24, 2.45) is 0 Å². The highest BCUT2D eigenvalue weighted by Crippen LogP contribution is 2.26. The van der Waals surface area contributed by atoms with Crippen LogP contribution in [-0.2, 0) is 6.42 Å². The number of hydrogen-bond donors (Lipinski definition) is 2. The van der Waals surface area contributed by atoms with Crippen LogP contribution in [0, 0.1) is 6.92 Å². The minimum atomic E-state index is -0.371. The number of carbonyl (C=O) groups is 2. The van der Waals surface area contributed by atoms with E-state index in [1.54, 1.807) is 30.3 Å². The zero-order valence-electron chi connectivity index (χ0n) is 17.1. The van der Waals surface area contributed by atoms with E-state index < -0.39 is 0 Å². The molecule has 31 heavy (non-hydrogen) atoms. The van der Waals surface area contributed by atoms with Gasteiger partial charge in [0.1, 0.15) is 0 Å². The third-order valence-corrected chi connectivity index (χ3v) is 5.63. The van der Waals surface area contributed by atoms with Gasteiger partial charge in [0.2, 0.25) is 0 Å². The van der Waals surface area contributed by atoms with Crippen molar-refractivity contribution in [3.8, 4) is 11.3 Å². The molecule has 0 saturated carbocycles. The van der Waals surface area contributed by atoms with Gasteiger partial charge in [-0.05, 0) is 48.7 Å². The van der Waals surface area contributed by atoms with Crippen molar-refractivity contribution < 1.29 is 14.0 Å². The maximum absolute atomic E-state index is 12.7. The smallest absolute Gasteiger partial charge is 0.291 e. The van der Waals surface area contributed by atoms with E-state index in [-0.39, 0.29) is 17.6 Å². The number of aromatic nitrogens is 1. The lowest BCUT2D eigenvalue weighted by molar-refractivity contribution is 0.0993. The quantitative estimate of drug-likeness (QED) is 0.405. The molecule has 0 bridgehead atoms. The van der Waals surface area contributed by atoms with Crippen LogP contribution in [0.3, 0.4) is 0 Å². The van der Waals surface area contributed by atoms with Crippen LogP contribution in [-0.4, -0.2) is 16.8 Å². The van der Waals surface area contributed by atoms with E-state index in [9.17, 15) is 9.59 Å². The van der Waals surface area contributed by atoms with Gasteiger partial charge in [-0.2, -0.15) is 0 Å². The van der Waals surface area contributed by atoms with Crippen LogP contribution in [0.25, 0.3) is 11.3 Å². The first-order chi connectivity index (χ1) is 15.0. The first kappa shape index (κ1) is 20.6. The molecule has 0 spiro atoms. The highest BCUT2D eigenvalue weighted by atomic mass is 32.1. The first-order valence-electron chi connectivity index (χ1n) is 9.85. The van der Waals surface area contributed by atoms with E-state index in [0.717, 1.165) is 23.2 Å². The Kier molecular flexibility index (Phi) is 5.95. The summed E-state index contributed by atoms with van der Waals surface area (Å²) in [6, 6.07) is 16.6. The lowest BCUT2D eigenvalue weighted by Gasteiger charge is -2.09. The van der Waals surface area contributed by atoms with Gasteiger partial charge in [0.05, 0.1) is 12.0 Å². The van der Waals surface area contributed by atoms with E-state index in [2.05, 4.69) is 34.7 Å². The van der Waals surface area contributed by atoms with Gasteiger partial charge in [0, 0.05) is 22.2 Å². The molecule has 0 atom stereocenters. The van der Waals surface area contributed by atoms with E-state index in [1.807, 2.05) is 24.4 Å². The number of nitrogens with zero attached hydrogens (tertiary/aromatic N) is 1. The van der Waals surface area contributed by atoms with Crippen molar-refractivity contribution in [2.75, 3.05) is 10.6 Å². The minimum Gasteiger partial charge on any atom is -0.459 e. The van der Waals surface area contributed by atoms with E-state index >= 15 is 0 Å². The van der Waals surface area contributed by atoms with Crippen molar-refractivity contribution in [3.63, 3.8) is 0 Å². The van der Waals surface area contributed by atoms with Crippen molar-refractivity contribution in [3.05, 3.63) is 88.7 Å². The molecule has 2 aromatic heterocycles. The molecular weight excluding hydrogens is 410 g/mol. The number of rotatable bonds is 6. The highest BCUT2D eigenvalue weighted by Gasteiger charge is 2.14.